The number of aromatic nitrogens is 1. The van der Waals surface area contributed by atoms with Crippen molar-refractivity contribution in [1.82, 2.24) is 5.16 Å². The molecule has 0 spiro atoms. The molecular formula is C10H10FN3O2. The SMILES string of the molecule is N/C(CCc1noc2cc(F)ccc12)=N\O. The van der Waals surface area contributed by atoms with Gasteiger partial charge in [-0.05, 0) is 12.1 Å². The van der Waals surface area contributed by atoms with Crippen LogP contribution in [0, 0.1) is 5.82 Å². The number of rotatable bonds is 3. The van der Waals surface area contributed by atoms with Gasteiger partial charge in [-0.25, -0.2) is 4.39 Å². The highest BCUT2D eigenvalue weighted by Crippen LogP contribution is 2.20. The molecule has 0 amide bonds. The van der Waals surface area contributed by atoms with Crippen LogP contribution in [0.1, 0.15) is 12.1 Å². The maximum atomic E-state index is 12.9. The molecule has 0 saturated heterocycles. The van der Waals surface area contributed by atoms with Crippen LogP contribution in [-0.4, -0.2) is 16.2 Å². The molecule has 0 aliphatic heterocycles. The van der Waals surface area contributed by atoms with E-state index in [1.54, 1.807) is 6.07 Å². The largest absolute Gasteiger partial charge is 0.409 e. The lowest BCUT2D eigenvalue weighted by Crippen LogP contribution is -2.12. The van der Waals surface area contributed by atoms with Crippen molar-refractivity contribution in [2.75, 3.05) is 0 Å². The summed E-state index contributed by atoms with van der Waals surface area (Å²) in [5.74, 6) is -0.245. The van der Waals surface area contributed by atoms with E-state index in [-0.39, 0.29) is 11.7 Å². The van der Waals surface area contributed by atoms with E-state index in [1.165, 1.54) is 12.1 Å². The molecule has 1 aromatic carbocycles. The van der Waals surface area contributed by atoms with Crippen molar-refractivity contribution in [3.05, 3.63) is 29.7 Å². The zero-order valence-electron chi connectivity index (χ0n) is 8.35. The number of nitrogens with two attached hydrogens (primary N) is 1. The first-order valence-electron chi connectivity index (χ1n) is 4.71. The van der Waals surface area contributed by atoms with Crippen LogP contribution in [0.3, 0.4) is 0 Å². The van der Waals surface area contributed by atoms with Gasteiger partial charge in [0.15, 0.2) is 5.58 Å². The fraction of sp³-hybridized carbons (Fsp3) is 0.200. The van der Waals surface area contributed by atoms with Crippen molar-refractivity contribution in [2.24, 2.45) is 10.9 Å². The van der Waals surface area contributed by atoms with Crippen LogP contribution in [0.4, 0.5) is 4.39 Å². The number of aryl methyl sites for hydroxylation is 1. The Morgan fingerprint density at radius 2 is 2.38 bits per heavy atom. The number of nitrogens with zero attached hydrogens (tertiary/aromatic N) is 2. The Bertz CT molecular complexity index is 536. The van der Waals surface area contributed by atoms with Crippen molar-refractivity contribution in [1.29, 1.82) is 0 Å². The topological polar surface area (TPSA) is 84.6 Å². The Morgan fingerprint density at radius 1 is 1.56 bits per heavy atom. The molecule has 0 aliphatic carbocycles. The van der Waals surface area contributed by atoms with Gasteiger partial charge in [-0.15, -0.1) is 0 Å². The summed E-state index contributed by atoms with van der Waals surface area (Å²) in [6, 6.07) is 4.21. The minimum Gasteiger partial charge on any atom is -0.409 e. The van der Waals surface area contributed by atoms with Gasteiger partial charge >= 0.3 is 0 Å². The fourth-order valence-corrected chi connectivity index (χ4v) is 1.44. The van der Waals surface area contributed by atoms with E-state index in [1.807, 2.05) is 0 Å². The molecule has 1 aromatic heterocycles. The molecule has 0 fully saturated rings. The van der Waals surface area contributed by atoms with E-state index in [0.717, 1.165) is 5.39 Å². The summed E-state index contributed by atoms with van der Waals surface area (Å²) in [5, 5.41) is 15.8. The number of amidine groups is 1. The standard InChI is InChI=1S/C10H10FN3O2/c11-6-1-2-7-8(3-4-10(12)13-15)14-16-9(7)5-6/h1-2,5,15H,3-4H2,(H2,12,13). The third kappa shape index (κ3) is 1.95. The summed E-state index contributed by atoms with van der Waals surface area (Å²) in [6.07, 6.45) is 0.851. The quantitative estimate of drug-likeness (QED) is 0.358. The summed E-state index contributed by atoms with van der Waals surface area (Å²) < 4.78 is 17.8. The van der Waals surface area contributed by atoms with Gasteiger partial charge in [0, 0.05) is 24.3 Å². The lowest BCUT2D eigenvalue weighted by molar-refractivity contribution is 0.317. The predicted molar refractivity (Wildman–Crippen MR) is 55.7 cm³/mol. The highest BCUT2D eigenvalue weighted by molar-refractivity contribution is 5.82. The Morgan fingerprint density at radius 3 is 3.12 bits per heavy atom. The smallest absolute Gasteiger partial charge is 0.170 e. The van der Waals surface area contributed by atoms with Gasteiger partial charge in [0.05, 0.1) is 5.69 Å². The first-order valence-corrected chi connectivity index (χ1v) is 4.71. The zero-order chi connectivity index (χ0) is 11.5. The molecule has 0 atom stereocenters. The van der Waals surface area contributed by atoms with Gasteiger partial charge < -0.3 is 15.5 Å². The van der Waals surface area contributed by atoms with E-state index in [2.05, 4.69) is 10.3 Å². The molecule has 0 bridgehead atoms. The van der Waals surface area contributed by atoms with Crippen LogP contribution in [0.15, 0.2) is 27.9 Å². The third-order valence-electron chi connectivity index (χ3n) is 2.26. The van der Waals surface area contributed by atoms with Gasteiger partial charge in [0.2, 0.25) is 0 Å². The first-order chi connectivity index (χ1) is 7.70. The molecule has 0 unspecified atom stereocenters. The van der Waals surface area contributed by atoms with Crippen LogP contribution >= 0.6 is 0 Å². The molecular weight excluding hydrogens is 213 g/mol. The molecule has 16 heavy (non-hydrogen) atoms. The van der Waals surface area contributed by atoms with Crippen molar-refractivity contribution in [2.45, 2.75) is 12.8 Å². The van der Waals surface area contributed by atoms with Crippen molar-refractivity contribution < 1.29 is 14.1 Å². The minimum absolute atomic E-state index is 0.123. The molecule has 0 radical (unpaired) electrons. The van der Waals surface area contributed by atoms with Crippen LogP contribution in [0.25, 0.3) is 11.0 Å². The Hall–Kier alpha value is -2.11. The normalized spacial score (nSPS) is 12.2. The van der Waals surface area contributed by atoms with Gasteiger partial charge in [0.25, 0.3) is 0 Å². The summed E-state index contributed by atoms with van der Waals surface area (Å²) in [6.45, 7) is 0. The molecule has 84 valence electrons. The average Bonchev–Trinajstić information content (AvgIpc) is 2.68. The first kappa shape index (κ1) is 10.4. The van der Waals surface area contributed by atoms with E-state index in [4.69, 9.17) is 15.5 Å². The number of fused-ring (bicyclic) bond motifs is 1. The van der Waals surface area contributed by atoms with E-state index in [9.17, 15) is 4.39 Å². The Kier molecular flexibility index (Phi) is 2.72. The summed E-state index contributed by atoms with van der Waals surface area (Å²) in [5.41, 5.74) is 6.41. The van der Waals surface area contributed by atoms with Gasteiger partial charge in [-0.3, -0.25) is 0 Å². The lowest BCUT2D eigenvalue weighted by atomic mass is 10.1. The molecule has 0 aliphatic rings. The van der Waals surface area contributed by atoms with Crippen LogP contribution in [-0.2, 0) is 6.42 Å². The van der Waals surface area contributed by atoms with Crippen molar-refractivity contribution >= 4 is 16.8 Å². The van der Waals surface area contributed by atoms with E-state index >= 15 is 0 Å². The lowest BCUT2D eigenvalue weighted by Gasteiger charge is -1.95. The molecule has 5 nitrogen and oxygen atoms in total. The second-order valence-electron chi connectivity index (χ2n) is 3.36. The second kappa shape index (κ2) is 4.18. The van der Waals surface area contributed by atoms with Crippen molar-refractivity contribution in [3.63, 3.8) is 0 Å². The minimum atomic E-state index is -0.369. The number of oxime groups is 1. The number of hydrogen-bond acceptors (Lipinski definition) is 4. The highest BCUT2D eigenvalue weighted by Gasteiger charge is 2.09. The van der Waals surface area contributed by atoms with Crippen LogP contribution < -0.4 is 5.73 Å². The Balaban J connectivity index is 2.25. The monoisotopic (exact) mass is 223 g/mol. The van der Waals surface area contributed by atoms with Gasteiger partial charge in [-0.2, -0.15) is 0 Å². The highest BCUT2D eigenvalue weighted by atomic mass is 19.1. The maximum absolute atomic E-state index is 12.9. The summed E-state index contributed by atoms with van der Waals surface area (Å²) in [7, 11) is 0. The summed E-state index contributed by atoms with van der Waals surface area (Å²) >= 11 is 0. The zero-order valence-corrected chi connectivity index (χ0v) is 8.35. The summed E-state index contributed by atoms with van der Waals surface area (Å²) in [4.78, 5) is 0. The molecule has 2 rings (SSSR count). The molecule has 6 heteroatoms. The molecule has 3 N–H and O–H groups in total. The number of halogens is 1. The van der Waals surface area contributed by atoms with Gasteiger partial charge in [-0.1, -0.05) is 10.3 Å². The van der Waals surface area contributed by atoms with Crippen LogP contribution in [0.5, 0.6) is 0 Å². The van der Waals surface area contributed by atoms with E-state index < -0.39 is 0 Å². The molecule has 0 saturated carbocycles. The number of benzene rings is 1. The van der Waals surface area contributed by atoms with Crippen molar-refractivity contribution in [3.8, 4) is 0 Å². The molecule has 2 aromatic rings. The third-order valence-corrected chi connectivity index (χ3v) is 2.26. The fourth-order valence-electron chi connectivity index (χ4n) is 1.44. The maximum Gasteiger partial charge on any atom is 0.170 e. The van der Waals surface area contributed by atoms with Gasteiger partial charge in [0.1, 0.15) is 11.7 Å². The second-order valence-corrected chi connectivity index (χ2v) is 3.36. The predicted octanol–water partition coefficient (Wildman–Crippen LogP) is 1.65. The van der Waals surface area contributed by atoms with Crippen LogP contribution in [0.2, 0.25) is 0 Å². The molecule has 1 heterocycles. The number of hydrogen-bond donors (Lipinski definition) is 2. The Labute approximate surface area is 90.3 Å². The van der Waals surface area contributed by atoms with E-state index in [0.29, 0.717) is 24.1 Å². The average molecular weight is 223 g/mol.